The van der Waals surface area contributed by atoms with Crippen LogP contribution in [-0.2, 0) is 4.79 Å². The number of anilines is 1. The number of nitrogens with two attached hydrogens (primary N) is 1. The predicted octanol–water partition coefficient (Wildman–Crippen LogP) is 3.07. The van der Waals surface area contributed by atoms with E-state index in [-0.39, 0.29) is 18.3 Å². The lowest BCUT2D eigenvalue weighted by molar-refractivity contribution is -0.117. The van der Waals surface area contributed by atoms with E-state index in [1.54, 1.807) is 6.07 Å². The van der Waals surface area contributed by atoms with Gasteiger partial charge in [0, 0.05) is 17.3 Å². The second-order valence-electron chi connectivity index (χ2n) is 5.83. The van der Waals surface area contributed by atoms with Gasteiger partial charge in [-0.1, -0.05) is 17.7 Å². The highest BCUT2D eigenvalue weighted by Gasteiger charge is 2.21. The molecule has 0 aromatic heterocycles. The Morgan fingerprint density at radius 3 is 3.00 bits per heavy atom. The Hall–Kier alpha value is -0.810. The maximum absolute atomic E-state index is 12.2. The molecule has 22 heavy (non-hydrogen) atoms. The molecule has 1 aliphatic heterocycles. The fourth-order valence-electron chi connectivity index (χ4n) is 2.89. The fourth-order valence-corrected chi connectivity index (χ4v) is 3.06. The van der Waals surface area contributed by atoms with Gasteiger partial charge in [0.2, 0.25) is 5.91 Å². The summed E-state index contributed by atoms with van der Waals surface area (Å²) in [6.07, 6.45) is 3.42. The molecule has 2 rings (SSSR count). The highest BCUT2D eigenvalue weighted by molar-refractivity contribution is 6.31. The molecule has 1 aliphatic rings. The molecule has 0 aliphatic carbocycles. The monoisotopic (exact) mass is 345 g/mol. The number of nitrogens with one attached hydrogen (secondary N) is 1. The number of nitrogens with zero attached hydrogens (tertiary/aromatic N) is 1. The van der Waals surface area contributed by atoms with Gasteiger partial charge in [0.05, 0.1) is 6.54 Å². The molecule has 1 fully saturated rings. The number of aryl methyl sites for hydroxylation is 1. The molecular formula is C16H25Cl2N3O. The molecule has 3 N–H and O–H groups in total. The summed E-state index contributed by atoms with van der Waals surface area (Å²) in [5.74, 6) is 0.651. The summed E-state index contributed by atoms with van der Waals surface area (Å²) in [4.78, 5) is 14.4. The summed E-state index contributed by atoms with van der Waals surface area (Å²) in [7, 11) is 0. The van der Waals surface area contributed by atoms with E-state index in [1.807, 2.05) is 19.1 Å². The first-order valence-corrected chi connectivity index (χ1v) is 7.94. The SMILES string of the molecule is Cc1ccc(Cl)cc1NC(=O)CN1CCCC(CCN)C1.Cl. The van der Waals surface area contributed by atoms with E-state index in [1.165, 1.54) is 6.42 Å². The third-order valence-electron chi connectivity index (χ3n) is 4.02. The molecule has 0 spiro atoms. The minimum atomic E-state index is 0. The Balaban J connectivity index is 0.00000242. The van der Waals surface area contributed by atoms with E-state index in [0.717, 1.165) is 43.7 Å². The van der Waals surface area contributed by atoms with Crippen LogP contribution in [0.1, 0.15) is 24.8 Å². The number of carbonyl (C=O) groups is 1. The smallest absolute Gasteiger partial charge is 0.238 e. The van der Waals surface area contributed by atoms with Crippen molar-refractivity contribution in [2.45, 2.75) is 26.2 Å². The van der Waals surface area contributed by atoms with Crippen LogP contribution in [0.3, 0.4) is 0 Å². The average Bonchev–Trinajstić information content (AvgIpc) is 2.43. The van der Waals surface area contributed by atoms with Crippen LogP contribution in [0.15, 0.2) is 18.2 Å². The van der Waals surface area contributed by atoms with Crippen molar-refractivity contribution in [3.63, 3.8) is 0 Å². The lowest BCUT2D eigenvalue weighted by Gasteiger charge is -2.32. The van der Waals surface area contributed by atoms with E-state index in [4.69, 9.17) is 17.3 Å². The summed E-state index contributed by atoms with van der Waals surface area (Å²) in [5, 5.41) is 3.59. The van der Waals surface area contributed by atoms with Gasteiger partial charge in [-0.15, -0.1) is 12.4 Å². The van der Waals surface area contributed by atoms with Gasteiger partial charge in [-0.25, -0.2) is 0 Å². The van der Waals surface area contributed by atoms with Gasteiger partial charge >= 0.3 is 0 Å². The number of halogens is 2. The first-order chi connectivity index (χ1) is 10.1. The largest absolute Gasteiger partial charge is 0.330 e. The van der Waals surface area contributed by atoms with Crippen LogP contribution in [0.2, 0.25) is 5.02 Å². The molecule has 4 nitrogen and oxygen atoms in total. The van der Waals surface area contributed by atoms with Crippen molar-refractivity contribution >= 4 is 35.6 Å². The Bertz CT molecular complexity index is 494. The van der Waals surface area contributed by atoms with Crippen LogP contribution >= 0.6 is 24.0 Å². The van der Waals surface area contributed by atoms with Crippen molar-refractivity contribution in [3.05, 3.63) is 28.8 Å². The van der Waals surface area contributed by atoms with Crippen molar-refractivity contribution in [3.8, 4) is 0 Å². The van der Waals surface area contributed by atoms with Gasteiger partial charge in [-0.2, -0.15) is 0 Å². The van der Waals surface area contributed by atoms with Gasteiger partial charge in [0.25, 0.3) is 0 Å². The van der Waals surface area contributed by atoms with Crippen molar-refractivity contribution in [2.75, 3.05) is 31.5 Å². The van der Waals surface area contributed by atoms with Crippen LogP contribution in [0, 0.1) is 12.8 Å². The zero-order valence-corrected chi connectivity index (χ0v) is 14.6. The Kier molecular flexibility index (Phi) is 8.18. The number of rotatable bonds is 5. The topological polar surface area (TPSA) is 58.4 Å². The number of amides is 1. The van der Waals surface area contributed by atoms with Crippen molar-refractivity contribution in [1.29, 1.82) is 0 Å². The van der Waals surface area contributed by atoms with Crippen molar-refractivity contribution < 1.29 is 4.79 Å². The summed E-state index contributed by atoms with van der Waals surface area (Å²) >= 11 is 5.97. The van der Waals surface area contributed by atoms with Crippen LogP contribution in [0.25, 0.3) is 0 Å². The summed E-state index contributed by atoms with van der Waals surface area (Å²) in [6, 6.07) is 5.53. The molecule has 1 heterocycles. The number of hydrogen-bond acceptors (Lipinski definition) is 3. The molecule has 6 heteroatoms. The molecular weight excluding hydrogens is 321 g/mol. The standard InChI is InChI=1S/C16H24ClN3O.ClH/c1-12-4-5-14(17)9-15(12)19-16(21)11-20-8-2-3-13(10-20)6-7-18;/h4-5,9,13H,2-3,6-8,10-11,18H2,1H3,(H,19,21);1H. The normalized spacial score (nSPS) is 18.6. The third kappa shape index (κ3) is 5.76. The second-order valence-corrected chi connectivity index (χ2v) is 6.26. The fraction of sp³-hybridized carbons (Fsp3) is 0.562. The van der Waals surface area contributed by atoms with Crippen molar-refractivity contribution in [2.24, 2.45) is 11.7 Å². The Morgan fingerprint density at radius 2 is 2.27 bits per heavy atom. The number of benzene rings is 1. The van der Waals surface area contributed by atoms with Gasteiger partial charge in [0.1, 0.15) is 0 Å². The highest BCUT2D eigenvalue weighted by atomic mass is 35.5. The van der Waals surface area contributed by atoms with E-state index >= 15 is 0 Å². The lowest BCUT2D eigenvalue weighted by atomic mass is 9.95. The quantitative estimate of drug-likeness (QED) is 0.862. The molecule has 124 valence electrons. The van der Waals surface area contributed by atoms with Crippen molar-refractivity contribution in [1.82, 2.24) is 4.90 Å². The summed E-state index contributed by atoms with van der Waals surface area (Å²) < 4.78 is 0. The molecule has 1 unspecified atom stereocenters. The van der Waals surface area contributed by atoms with Crippen LogP contribution < -0.4 is 11.1 Å². The number of hydrogen-bond donors (Lipinski definition) is 2. The Morgan fingerprint density at radius 1 is 1.50 bits per heavy atom. The summed E-state index contributed by atoms with van der Waals surface area (Å²) in [6.45, 7) is 5.09. The summed E-state index contributed by atoms with van der Waals surface area (Å²) in [5.41, 5.74) is 7.44. The van der Waals surface area contributed by atoms with Crippen LogP contribution in [-0.4, -0.2) is 37.0 Å². The van der Waals surface area contributed by atoms with E-state index in [2.05, 4.69) is 10.2 Å². The minimum Gasteiger partial charge on any atom is -0.330 e. The Labute approximate surface area is 143 Å². The first kappa shape index (κ1) is 19.2. The maximum Gasteiger partial charge on any atom is 0.238 e. The average molecular weight is 346 g/mol. The molecule has 1 amide bonds. The lowest BCUT2D eigenvalue weighted by Crippen LogP contribution is -2.41. The van der Waals surface area contributed by atoms with Crippen LogP contribution in [0.4, 0.5) is 5.69 Å². The molecule has 1 saturated heterocycles. The van der Waals surface area contributed by atoms with Gasteiger partial charge in [-0.3, -0.25) is 9.69 Å². The van der Waals surface area contributed by atoms with Crippen LogP contribution in [0.5, 0.6) is 0 Å². The van der Waals surface area contributed by atoms with E-state index < -0.39 is 0 Å². The second kappa shape index (κ2) is 9.36. The minimum absolute atomic E-state index is 0. The highest BCUT2D eigenvalue weighted by Crippen LogP contribution is 2.21. The molecule has 0 bridgehead atoms. The van der Waals surface area contributed by atoms with Gasteiger partial charge in [0.15, 0.2) is 0 Å². The maximum atomic E-state index is 12.2. The third-order valence-corrected chi connectivity index (χ3v) is 4.25. The molecule has 1 atom stereocenters. The zero-order valence-electron chi connectivity index (χ0n) is 13.0. The van der Waals surface area contributed by atoms with Gasteiger partial charge in [-0.05, 0) is 62.9 Å². The predicted molar refractivity (Wildman–Crippen MR) is 94.9 cm³/mol. The number of likely N-dealkylation sites (tertiary alicyclic amines) is 1. The zero-order chi connectivity index (χ0) is 15.2. The molecule has 0 radical (unpaired) electrons. The molecule has 1 aromatic rings. The first-order valence-electron chi connectivity index (χ1n) is 7.57. The van der Waals surface area contributed by atoms with E-state index in [9.17, 15) is 4.79 Å². The number of piperidine rings is 1. The molecule has 0 saturated carbocycles. The van der Waals surface area contributed by atoms with Gasteiger partial charge < -0.3 is 11.1 Å². The molecule has 1 aromatic carbocycles. The number of carbonyl (C=O) groups excluding carboxylic acids is 1. The van der Waals surface area contributed by atoms with E-state index in [0.29, 0.717) is 17.5 Å².